The Kier molecular flexibility index (Phi) is 5.70. The molecule has 4 rings (SSSR count). The number of thiophene rings is 1. The van der Waals surface area contributed by atoms with Gasteiger partial charge in [0.25, 0.3) is 5.91 Å². The number of nitrogens with zero attached hydrogens (tertiary/aromatic N) is 3. The molecule has 1 fully saturated rings. The minimum atomic E-state index is -0.333. The summed E-state index contributed by atoms with van der Waals surface area (Å²) in [6.45, 7) is 0.707. The molecule has 0 bridgehead atoms. The number of aromatic nitrogens is 2. The monoisotopic (exact) mass is 432 g/mol. The quantitative estimate of drug-likeness (QED) is 0.647. The molecule has 1 aromatic carbocycles. The Labute approximate surface area is 175 Å². The van der Waals surface area contributed by atoms with E-state index in [0.29, 0.717) is 28.7 Å². The summed E-state index contributed by atoms with van der Waals surface area (Å²) in [6.07, 6.45) is 2.15. The minimum Gasteiger partial charge on any atom is -0.333 e. The number of nitrogens with one attached hydrogen (secondary N) is 1. The van der Waals surface area contributed by atoms with Gasteiger partial charge < -0.3 is 10.2 Å². The van der Waals surface area contributed by atoms with Crippen LogP contribution in [0.1, 0.15) is 38.6 Å². The number of anilines is 1. The van der Waals surface area contributed by atoms with Crippen molar-refractivity contribution in [2.45, 2.75) is 25.3 Å². The Morgan fingerprint density at radius 1 is 1.25 bits per heavy atom. The Bertz CT molecular complexity index is 990. The normalized spacial score (nSPS) is 16.3. The van der Waals surface area contributed by atoms with Gasteiger partial charge in [-0.1, -0.05) is 35.1 Å². The second kappa shape index (κ2) is 8.38. The van der Waals surface area contributed by atoms with Crippen LogP contribution >= 0.6 is 34.3 Å². The van der Waals surface area contributed by atoms with Crippen LogP contribution in [0.3, 0.4) is 0 Å². The molecule has 1 aliphatic rings. The third-order valence-electron chi connectivity index (χ3n) is 4.48. The van der Waals surface area contributed by atoms with Gasteiger partial charge in [0, 0.05) is 22.1 Å². The molecule has 0 saturated carbocycles. The Balaban J connectivity index is 1.45. The van der Waals surface area contributed by atoms with E-state index in [1.807, 2.05) is 22.4 Å². The summed E-state index contributed by atoms with van der Waals surface area (Å²) in [5, 5.41) is 14.5. The van der Waals surface area contributed by atoms with Crippen molar-refractivity contribution in [3.8, 4) is 0 Å². The lowest BCUT2D eigenvalue weighted by molar-refractivity contribution is -0.131. The van der Waals surface area contributed by atoms with Gasteiger partial charge in [0.15, 0.2) is 0 Å². The molecule has 2 aromatic heterocycles. The molecule has 28 heavy (non-hydrogen) atoms. The number of carbonyl (C=O) groups excluding carboxylic acids is 2. The van der Waals surface area contributed by atoms with Gasteiger partial charge in [-0.25, -0.2) is 0 Å². The zero-order valence-corrected chi connectivity index (χ0v) is 17.2. The van der Waals surface area contributed by atoms with Crippen molar-refractivity contribution in [1.29, 1.82) is 0 Å². The highest BCUT2D eigenvalue weighted by Gasteiger charge is 2.33. The van der Waals surface area contributed by atoms with Crippen LogP contribution in [0.25, 0.3) is 0 Å². The van der Waals surface area contributed by atoms with Gasteiger partial charge >= 0.3 is 0 Å². The van der Waals surface area contributed by atoms with E-state index < -0.39 is 0 Å². The van der Waals surface area contributed by atoms with Gasteiger partial charge in [-0.15, -0.1) is 21.5 Å². The number of halogens is 1. The van der Waals surface area contributed by atoms with Crippen molar-refractivity contribution in [3.05, 3.63) is 61.7 Å². The molecule has 3 heterocycles. The topological polar surface area (TPSA) is 75.2 Å². The van der Waals surface area contributed by atoms with Crippen LogP contribution in [0, 0.1) is 0 Å². The van der Waals surface area contributed by atoms with E-state index in [1.165, 1.54) is 11.3 Å². The smallest absolute Gasteiger partial charge is 0.286 e. The summed E-state index contributed by atoms with van der Waals surface area (Å²) in [5.41, 5.74) is 0.600. The van der Waals surface area contributed by atoms with Crippen molar-refractivity contribution in [2.75, 3.05) is 11.9 Å². The molecule has 9 heteroatoms. The Hall–Kier alpha value is -2.29. The number of carbonyl (C=O) groups is 2. The van der Waals surface area contributed by atoms with Crippen molar-refractivity contribution in [2.24, 2.45) is 0 Å². The molecule has 2 amide bonds. The van der Waals surface area contributed by atoms with Crippen molar-refractivity contribution >= 4 is 51.8 Å². The first kappa shape index (κ1) is 19.0. The molecule has 1 N–H and O–H groups in total. The first-order chi connectivity index (χ1) is 13.6. The van der Waals surface area contributed by atoms with Crippen LogP contribution in [0.5, 0.6) is 0 Å². The van der Waals surface area contributed by atoms with Crippen molar-refractivity contribution in [1.82, 2.24) is 15.1 Å². The zero-order valence-electron chi connectivity index (χ0n) is 14.8. The molecule has 1 aliphatic heterocycles. The maximum atomic E-state index is 12.7. The second-order valence-electron chi connectivity index (χ2n) is 6.41. The Morgan fingerprint density at radius 3 is 2.93 bits per heavy atom. The first-order valence-corrected chi connectivity index (χ1v) is 10.9. The maximum absolute atomic E-state index is 12.7. The lowest BCUT2D eigenvalue weighted by atomic mass is 10.2. The second-order valence-corrected chi connectivity index (χ2v) is 8.89. The van der Waals surface area contributed by atoms with Crippen molar-refractivity contribution in [3.63, 3.8) is 0 Å². The number of hydrogen-bond acceptors (Lipinski definition) is 6. The highest BCUT2D eigenvalue weighted by Crippen LogP contribution is 2.34. The van der Waals surface area contributed by atoms with Gasteiger partial charge in [-0.3, -0.25) is 9.59 Å². The first-order valence-electron chi connectivity index (χ1n) is 8.82. The number of rotatable bonds is 5. The van der Waals surface area contributed by atoms with E-state index in [2.05, 4.69) is 15.5 Å². The van der Waals surface area contributed by atoms with Gasteiger partial charge in [-0.05, 0) is 42.5 Å². The molecule has 3 aromatic rings. The Morgan fingerprint density at radius 2 is 2.14 bits per heavy atom. The minimum absolute atomic E-state index is 0.0880. The van der Waals surface area contributed by atoms with Crippen LogP contribution in [0.2, 0.25) is 5.02 Å². The molecule has 6 nitrogen and oxygen atoms in total. The lowest BCUT2D eigenvalue weighted by Gasteiger charge is -2.22. The van der Waals surface area contributed by atoms with E-state index in [-0.39, 0.29) is 22.9 Å². The summed E-state index contributed by atoms with van der Waals surface area (Å²) >= 11 is 8.76. The summed E-state index contributed by atoms with van der Waals surface area (Å²) in [4.78, 5) is 28.1. The van der Waals surface area contributed by atoms with Crippen LogP contribution in [-0.2, 0) is 11.2 Å². The predicted octanol–water partition coefficient (Wildman–Crippen LogP) is 4.41. The average molecular weight is 433 g/mol. The largest absolute Gasteiger partial charge is 0.333 e. The van der Waals surface area contributed by atoms with Gasteiger partial charge in [0.1, 0.15) is 5.01 Å². The molecular formula is C19H17ClN4O2S2. The highest BCUT2D eigenvalue weighted by molar-refractivity contribution is 7.13. The third kappa shape index (κ3) is 4.24. The summed E-state index contributed by atoms with van der Waals surface area (Å²) in [5.74, 6) is -0.245. The van der Waals surface area contributed by atoms with Gasteiger partial charge in [-0.2, -0.15) is 0 Å². The summed E-state index contributed by atoms with van der Waals surface area (Å²) in [6, 6.07) is 10.7. The van der Waals surface area contributed by atoms with Crippen LogP contribution in [0.4, 0.5) is 5.69 Å². The van der Waals surface area contributed by atoms with E-state index >= 15 is 0 Å². The van der Waals surface area contributed by atoms with E-state index in [1.54, 1.807) is 35.6 Å². The molecule has 0 aliphatic carbocycles. The van der Waals surface area contributed by atoms with E-state index in [0.717, 1.165) is 17.7 Å². The number of hydrogen-bond donors (Lipinski definition) is 1. The van der Waals surface area contributed by atoms with Crippen molar-refractivity contribution < 1.29 is 9.59 Å². The molecule has 0 unspecified atom stereocenters. The fraction of sp³-hybridized carbons (Fsp3) is 0.263. The molecule has 1 atom stereocenters. The van der Waals surface area contributed by atoms with E-state index in [4.69, 9.17) is 11.6 Å². The van der Waals surface area contributed by atoms with Gasteiger partial charge in [0.2, 0.25) is 10.9 Å². The van der Waals surface area contributed by atoms with Gasteiger partial charge in [0.05, 0.1) is 12.5 Å². The molecule has 0 radical (unpaired) electrons. The summed E-state index contributed by atoms with van der Waals surface area (Å²) in [7, 11) is 0. The molecule has 0 spiro atoms. The van der Waals surface area contributed by atoms with Crippen LogP contribution < -0.4 is 5.32 Å². The summed E-state index contributed by atoms with van der Waals surface area (Å²) < 4.78 is 0. The predicted molar refractivity (Wildman–Crippen MR) is 111 cm³/mol. The number of amides is 2. The number of benzene rings is 1. The average Bonchev–Trinajstić information content (AvgIpc) is 3.42. The SMILES string of the molecule is O=C(Nc1cccc(Cl)c1)c1nnc([C@H]2CCCN2C(=O)Cc2cccs2)s1. The highest BCUT2D eigenvalue weighted by atomic mass is 35.5. The maximum Gasteiger partial charge on any atom is 0.286 e. The molecular weight excluding hydrogens is 416 g/mol. The molecule has 1 saturated heterocycles. The fourth-order valence-electron chi connectivity index (χ4n) is 3.20. The standard InChI is InChI=1S/C19H17ClN4O2S2/c20-12-4-1-5-13(10-12)21-17(26)19-23-22-18(28-19)15-7-2-8-24(15)16(25)11-14-6-3-9-27-14/h1,3-6,9-10,15H,2,7-8,11H2,(H,21,26)/t15-/m1/s1. The molecule has 144 valence electrons. The van der Waals surface area contributed by atoms with E-state index in [9.17, 15) is 9.59 Å². The van der Waals surface area contributed by atoms with Crippen LogP contribution in [0.15, 0.2) is 41.8 Å². The zero-order chi connectivity index (χ0) is 19.5. The van der Waals surface area contributed by atoms with Crippen LogP contribution in [-0.4, -0.2) is 33.5 Å². The number of likely N-dealkylation sites (tertiary alicyclic amines) is 1. The fourth-order valence-corrected chi connectivity index (χ4v) is 4.97. The third-order valence-corrected chi connectivity index (χ3v) is 6.62. The lowest BCUT2D eigenvalue weighted by Crippen LogP contribution is -2.31.